The molecule has 1 rings (SSSR count). The fourth-order valence-corrected chi connectivity index (χ4v) is 2.35. The van der Waals surface area contributed by atoms with Crippen molar-refractivity contribution >= 4 is 9.84 Å². The van der Waals surface area contributed by atoms with Gasteiger partial charge < -0.3 is 5.73 Å². The van der Waals surface area contributed by atoms with Gasteiger partial charge >= 0.3 is 6.18 Å². The highest BCUT2D eigenvalue weighted by Crippen LogP contribution is 2.28. The van der Waals surface area contributed by atoms with E-state index in [4.69, 9.17) is 5.73 Å². The summed E-state index contributed by atoms with van der Waals surface area (Å²) in [6, 6.07) is 1.55. The van der Waals surface area contributed by atoms with Crippen molar-refractivity contribution in [1.29, 1.82) is 0 Å². The van der Waals surface area contributed by atoms with Gasteiger partial charge in [0.15, 0.2) is 14.9 Å². The standard InChI is InChI=1S/C9H11F3N2O2S/c10-9(11,12)7-2-3-8(14-6-7)17(15,16)5-1-4-13/h2-3,6H,1,4-5,13H2. The average Bonchev–Trinajstić information content (AvgIpc) is 2.25. The van der Waals surface area contributed by atoms with Crippen LogP contribution in [0.2, 0.25) is 0 Å². The number of aromatic nitrogens is 1. The molecule has 0 unspecified atom stereocenters. The summed E-state index contributed by atoms with van der Waals surface area (Å²) in [6.07, 6.45) is -3.77. The van der Waals surface area contributed by atoms with Crippen molar-refractivity contribution in [2.45, 2.75) is 17.6 Å². The SMILES string of the molecule is NCCCS(=O)(=O)c1ccc(C(F)(F)F)cn1. The predicted octanol–water partition coefficient (Wildman–Crippen LogP) is 1.22. The highest BCUT2D eigenvalue weighted by atomic mass is 32.2. The van der Waals surface area contributed by atoms with Gasteiger partial charge in [-0.1, -0.05) is 0 Å². The maximum atomic E-state index is 12.2. The molecule has 96 valence electrons. The number of rotatable bonds is 4. The molecule has 1 heterocycles. The van der Waals surface area contributed by atoms with E-state index in [0.717, 1.165) is 6.07 Å². The van der Waals surface area contributed by atoms with Gasteiger partial charge in [0.2, 0.25) is 0 Å². The first-order chi connectivity index (χ1) is 7.77. The number of nitrogens with zero attached hydrogens (tertiary/aromatic N) is 1. The molecule has 0 aliphatic heterocycles. The largest absolute Gasteiger partial charge is 0.417 e. The van der Waals surface area contributed by atoms with Gasteiger partial charge in [0.05, 0.1) is 11.3 Å². The Hall–Kier alpha value is -1.15. The maximum absolute atomic E-state index is 12.2. The monoisotopic (exact) mass is 268 g/mol. The van der Waals surface area contributed by atoms with Crippen molar-refractivity contribution in [2.75, 3.05) is 12.3 Å². The Bertz CT molecular complexity index is 468. The topological polar surface area (TPSA) is 73.1 Å². The lowest BCUT2D eigenvalue weighted by atomic mass is 10.3. The van der Waals surface area contributed by atoms with Crippen LogP contribution in [-0.4, -0.2) is 25.7 Å². The van der Waals surface area contributed by atoms with Gasteiger partial charge in [0.25, 0.3) is 0 Å². The van der Waals surface area contributed by atoms with E-state index in [1.807, 2.05) is 0 Å². The number of sulfone groups is 1. The molecule has 0 bridgehead atoms. The van der Waals surface area contributed by atoms with E-state index in [2.05, 4.69) is 4.98 Å². The van der Waals surface area contributed by atoms with E-state index in [9.17, 15) is 21.6 Å². The molecule has 0 amide bonds. The van der Waals surface area contributed by atoms with Gasteiger partial charge in [-0.05, 0) is 25.1 Å². The van der Waals surface area contributed by atoms with Crippen molar-refractivity contribution in [3.63, 3.8) is 0 Å². The second kappa shape index (κ2) is 5.01. The number of pyridine rings is 1. The fraction of sp³-hybridized carbons (Fsp3) is 0.444. The lowest BCUT2D eigenvalue weighted by Gasteiger charge is -2.07. The molecule has 1 aromatic rings. The summed E-state index contributed by atoms with van der Waals surface area (Å²) >= 11 is 0. The normalized spacial score (nSPS) is 12.7. The molecule has 0 spiro atoms. The molecule has 0 aromatic carbocycles. The van der Waals surface area contributed by atoms with Crippen molar-refractivity contribution in [3.05, 3.63) is 23.9 Å². The van der Waals surface area contributed by atoms with Crippen LogP contribution in [0.25, 0.3) is 0 Å². The molecule has 0 fully saturated rings. The Morgan fingerprint density at radius 3 is 2.35 bits per heavy atom. The van der Waals surface area contributed by atoms with E-state index in [-0.39, 0.29) is 23.7 Å². The van der Waals surface area contributed by atoms with Crippen LogP contribution in [0.4, 0.5) is 13.2 Å². The summed E-state index contributed by atoms with van der Waals surface area (Å²) < 4.78 is 59.7. The van der Waals surface area contributed by atoms with Gasteiger partial charge in [-0.15, -0.1) is 0 Å². The fourth-order valence-electron chi connectivity index (χ4n) is 1.11. The first-order valence-corrected chi connectivity index (χ1v) is 6.38. The van der Waals surface area contributed by atoms with Gasteiger partial charge in [-0.2, -0.15) is 13.2 Å². The van der Waals surface area contributed by atoms with Gasteiger partial charge in [0.1, 0.15) is 0 Å². The molecule has 4 nitrogen and oxygen atoms in total. The Balaban J connectivity index is 2.95. The number of nitrogens with two attached hydrogens (primary N) is 1. The number of hydrogen-bond donors (Lipinski definition) is 1. The minimum atomic E-state index is -4.52. The molecule has 0 radical (unpaired) electrons. The van der Waals surface area contributed by atoms with Crippen LogP contribution in [0.1, 0.15) is 12.0 Å². The van der Waals surface area contributed by atoms with Crippen LogP contribution in [0.15, 0.2) is 23.4 Å². The third-order valence-corrected chi connectivity index (χ3v) is 3.70. The zero-order chi connectivity index (χ0) is 13.1. The van der Waals surface area contributed by atoms with Gasteiger partial charge in [-0.25, -0.2) is 13.4 Å². The summed E-state index contributed by atoms with van der Waals surface area (Å²) in [5, 5.41) is -0.362. The maximum Gasteiger partial charge on any atom is 0.417 e. The lowest BCUT2D eigenvalue weighted by molar-refractivity contribution is -0.137. The van der Waals surface area contributed by atoms with Crippen molar-refractivity contribution in [2.24, 2.45) is 5.73 Å². The quantitative estimate of drug-likeness (QED) is 0.891. The van der Waals surface area contributed by atoms with Crippen LogP contribution >= 0.6 is 0 Å². The molecule has 0 saturated carbocycles. The third-order valence-electron chi connectivity index (χ3n) is 2.00. The van der Waals surface area contributed by atoms with E-state index in [1.165, 1.54) is 0 Å². The van der Waals surface area contributed by atoms with Crippen molar-refractivity contribution < 1.29 is 21.6 Å². The zero-order valence-corrected chi connectivity index (χ0v) is 9.55. The Kier molecular flexibility index (Phi) is 4.10. The van der Waals surface area contributed by atoms with Crippen molar-refractivity contribution in [3.8, 4) is 0 Å². The minimum absolute atomic E-state index is 0.194. The average molecular weight is 268 g/mol. The predicted molar refractivity (Wildman–Crippen MR) is 55.0 cm³/mol. The Morgan fingerprint density at radius 2 is 1.94 bits per heavy atom. The van der Waals surface area contributed by atoms with Gasteiger partial charge in [0, 0.05) is 6.20 Å². The third kappa shape index (κ3) is 3.67. The molecular formula is C9H11F3N2O2S. The van der Waals surface area contributed by atoms with Crippen LogP contribution in [0.3, 0.4) is 0 Å². The molecule has 0 atom stereocenters. The summed E-state index contributed by atoms with van der Waals surface area (Å²) in [4.78, 5) is 3.32. The van der Waals surface area contributed by atoms with Gasteiger partial charge in [-0.3, -0.25) is 0 Å². The van der Waals surface area contributed by atoms with E-state index in [0.29, 0.717) is 12.3 Å². The Labute approximate surface area is 96.6 Å². The molecule has 17 heavy (non-hydrogen) atoms. The van der Waals surface area contributed by atoms with Crippen LogP contribution in [0, 0.1) is 0 Å². The van der Waals surface area contributed by atoms with Crippen LogP contribution in [0.5, 0.6) is 0 Å². The summed E-state index contributed by atoms with van der Waals surface area (Å²) in [5.41, 5.74) is 4.18. The number of halogens is 3. The Morgan fingerprint density at radius 1 is 1.29 bits per heavy atom. The summed E-state index contributed by atoms with van der Waals surface area (Å²) in [5.74, 6) is -0.220. The summed E-state index contributed by atoms with van der Waals surface area (Å²) in [6.45, 7) is 0.194. The van der Waals surface area contributed by atoms with E-state index >= 15 is 0 Å². The first-order valence-electron chi connectivity index (χ1n) is 4.73. The lowest BCUT2D eigenvalue weighted by Crippen LogP contribution is -2.13. The van der Waals surface area contributed by atoms with Crippen LogP contribution in [-0.2, 0) is 16.0 Å². The molecule has 2 N–H and O–H groups in total. The van der Waals surface area contributed by atoms with E-state index < -0.39 is 21.6 Å². The molecular weight excluding hydrogens is 257 g/mol. The number of hydrogen-bond acceptors (Lipinski definition) is 4. The zero-order valence-electron chi connectivity index (χ0n) is 8.74. The molecule has 1 aromatic heterocycles. The molecule has 0 aliphatic rings. The van der Waals surface area contributed by atoms with Crippen molar-refractivity contribution in [1.82, 2.24) is 4.98 Å². The second-order valence-corrected chi connectivity index (χ2v) is 5.40. The number of alkyl halides is 3. The highest BCUT2D eigenvalue weighted by Gasteiger charge is 2.31. The second-order valence-electron chi connectivity index (χ2n) is 3.34. The van der Waals surface area contributed by atoms with Crippen LogP contribution < -0.4 is 5.73 Å². The molecule has 8 heteroatoms. The molecule has 0 saturated heterocycles. The minimum Gasteiger partial charge on any atom is -0.330 e. The summed E-state index contributed by atoms with van der Waals surface area (Å²) in [7, 11) is -3.64. The smallest absolute Gasteiger partial charge is 0.330 e. The first kappa shape index (κ1) is 13.9. The van der Waals surface area contributed by atoms with E-state index in [1.54, 1.807) is 0 Å². The molecule has 0 aliphatic carbocycles. The highest BCUT2D eigenvalue weighted by molar-refractivity contribution is 7.91.